The van der Waals surface area contributed by atoms with Crippen LogP contribution in [0.1, 0.15) is 16.8 Å². The standard InChI is InChI=1S/C20H10F7N3O/c21-13-3-6-16(22)15(8-13)12(10-28)7-11-1-4-14(5-2-11)30-18(31-19(23)24)9-17(29-30)20(25,26)27/h1-9,19H/b12-7+. The van der Waals surface area contributed by atoms with E-state index in [2.05, 4.69) is 9.84 Å². The summed E-state index contributed by atoms with van der Waals surface area (Å²) in [6.45, 7) is -3.38. The topological polar surface area (TPSA) is 50.8 Å². The van der Waals surface area contributed by atoms with Crippen molar-refractivity contribution in [2.24, 2.45) is 0 Å². The number of benzene rings is 2. The van der Waals surface area contributed by atoms with Gasteiger partial charge in [-0.15, -0.1) is 0 Å². The normalized spacial score (nSPS) is 12.2. The molecule has 0 radical (unpaired) electrons. The van der Waals surface area contributed by atoms with Crippen molar-refractivity contribution < 1.29 is 35.5 Å². The second-order valence-electron chi connectivity index (χ2n) is 6.04. The molecule has 0 atom stereocenters. The van der Waals surface area contributed by atoms with Crippen molar-refractivity contribution in [3.8, 4) is 17.6 Å². The number of alkyl halides is 5. The quantitative estimate of drug-likeness (QED) is 0.284. The zero-order chi connectivity index (χ0) is 22.8. The van der Waals surface area contributed by atoms with Crippen molar-refractivity contribution in [2.45, 2.75) is 12.8 Å². The van der Waals surface area contributed by atoms with Crippen LogP contribution < -0.4 is 4.74 Å². The van der Waals surface area contributed by atoms with Gasteiger partial charge in [0, 0.05) is 11.6 Å². The van der Waals surface area contributed by atoms with Gasteiger partial charge in [0.1, 0.15) is 11.6 Å². The van der Waals surface area contributed by atoms with Crippen LogP contribution >= 0.6 is 0 Å². The second kappa shape index (κ2) is 8.51. The highest BCUT2D eigenvalue weighted by Crippen LogP contribution is 2.33. The molecule has 0 saturated heterocycles. The molecule has 0 unspecified atom stereocenters. The highest BCUT2D eigenvalue weighted by Gasteiger charge is 2.36. The maximum atomic E-state index is 13.9. The zero-order valence-corrected chi connectivity index (χ0v) is 15.2. The first-order valence-corrected chi connectivity index (χ1v) is 8.38. The molecular formula is C20H10F7N3O. The predicted octanol–water partition coefficient (Wildman–Crippen LogP) is 5.83. The summed E-state index contributed by atoms with van der Waals surface area (Å²) in [4.78, 5) is 0. The minimum Gasteiger partial charge on any atom is -0.417 e. The molecule has 0 amide bonds. The third-order valence-electron chi connectivity index (χ3n) is 3.96. The van der Waals surface area contributed by atoms with E-state index >= 15 is 0 Å². The predicted molar refractivity (Wildman–Crippen MR) is 95.0 cm³/mol. The van der Waals surface area contributed by atoms with Crippen LogP contribution in [0.4, 0.5) is 30.7 Å². The summed E-state index contributed by atoms with van der Waals surface area (Å²) in [6.07, 6.45) is -3.66. The fourth-order valence-corrected chi connectivity index (χ4v) is 2.62. The van der Waals surface area contributed by atoms with Gasteiger partial charge in [-0.2, -0.15) is 32.3 Å². The highest BCUT2D eigenvalue weighted by atomic mass is 19.4. The molecule has 0 saturated carbocycles. The van der Waals surface area contributed by atoms with Crippen LogP contribution in [-0.2, 0) is 6.18 Å². The average Bonchev–Trinajstić information content (AvgIpc) is 3.12. The Morgan fingerprint density at radius 3 is 2.32 bits per heavy atom. The second-order valence-corrected chi connectivity index (χ2v) is 6.04. The van der Waals surface area contributed by atoms with Crippen LogP contribution in [-0.4, -0.2) is 16.4 Å². The molecule has 0 aliphatic heterocycles. The maximum absolute atomic E-state index is 13.9. The van der Waals surface area contributed by atoms with E-state index in [0.717, 1.165) is 18.2 Å². The van der Waals surface area contributed by atoms with E-state index in [9.17, 15) is 36.0 Å². The van der Waals surface area contributed by atoms with Gasteiger partial charge in [-0.1, -0.05) is 12.1 Å². The Bertz CT molecular complexity index is 1160. The number of hydrogen-bond donors (Lipinski definition) is 0. The van der Waals surface area contributed by atoms with E-state index in [1.54, 1.807) is 6.07 Å². The maximum Gasteiger partial charge on any atom is 0.435 e. The molecule has 1 heterocycles. The zero-order valence-electron chi connectivity index (χ0n) is 15.2. The third kappa shape index (κ3) is 5.03. The summed E-state index contributed by atoms with van der Waals surface area (Å²) in [5.41, 5.74) is -1.64. The lowest BCUT2D eigenvalue weighted by Crippen LogP contribution is -2.09. The molecule has 0 fully saturated rings. The van der Waals surface area contributed by atoms with E-state index in [1.165, 1.54) is 30.3 Å². The monoisotopic (exact) mass is 441 g/mol. The SMILES string of the molecule is N#C/C(=C\c1ccc(-n2nc(C(F)(F)F)cc2OC(F)F)cc1)c1cc(F)ccc1F. The lowest BCUT2D eigenvalue weighted by Gasteiger charge is -2.08. The number of aromatic nitrogens is 2. The number of hydrogen-bond acceptors (Lipinski definition) is 3. The van der Waals surface area contributed by atoms with Crippen molar-refractivity contribution in [3.63, 3.8) is 0 Å². The molecule has 3 aromatic rings. The van der Waals surface area contributed by atoms with Crippen LogP contribution in [0.25, 0.3) is 17.3 Å². The molecule has 1 aromatic heterocycles. The minimum absolute atomic E-state index is 0.0428. The first-order valence-electron chi connectivity index (χ1n) is 8.38. The molecule has 0 aliphatic carbocycles. The molecule has 0 aliphatic rings. The van der Waals surface area contributed by atoms with E-state index in [1.807, 2.05) is 0 Å². The lowest BCUT2D eigenvalue weighted by atomic mass is 10.0. The van der Waals surface area contributed by atoms with Gasteiger partial charge in [0.15, 0.2) is 5.69 Å². The molecule has 2 aromatic carbocycles. The Labute approximate surface area is 170 Å². The summed E-state index contributed by atoms with van der Waals surface area (Å²) in [5, 5.41) is 12.5. The largest absolute Gasteiger partial charge is 0.435 e. The smallest absolute Gasteiger partial charge is 0.417 e. The van der Waals surface area contributed by atoms with Crippen molar-refractivity contribution in [3.05, 3.63) is 77.0 Å². The molecule has 31 heavy (non-hydrogen) atoms. The average molecular weight is 441 g/mol. The Morgan fingerprint density at radius 1 is 1.06 bits per heavy atom. The number of rotatable bonds is 5. The van der Waals surface area contributed by atoms with Crippen LogP contribution in [0.2, 0.25) is 0 Å². The number of allylic oxidation sites excluding steroid dienone is 1. The summed E-state index contributed by atoms with van der Waals surface area (Å²) in [5.74, 6) is -2.40. The fourth-order valence-electron chi connectivity index (χ4n) is 2.62. The van der Waals surface area contributed by atoms with Crippen molar-refractivity contribution in [1.29, 1.82) is 5.26 Å². The summed E-state index contributed by atoms with van der Waals surface area (Å²) in [7, 11) is 0. The van der Waals surface area contributed by atoms with Gasteiger partial charge in [0.2, 0.25) is 5.88 Å². The molecule has 160 valence electrons. The summed E-state index contributed by atoms with van der Waals surface area (Å²) < 4.78 is 95.7. The van der Waals surface area contributed by atoms with Gasteiger partial charge >= 0.3 is 12.8 Å². The van der Waals surface area contributed by atoms with Gasteiger partial charge in [0.25, 0.3) is 0 Å². The molecule has 3 rings (SSSR count). The van der Waals surface area contributed by atoms with Crippen LogP contribution in [0, 0.1) is 23.0 Å². The van der Waals surface area contributed by atoms with Crippen LogP contribution in [0.5, 0.6) is 5.88 Å². The van der Waals surface area contributed by atoms with Gasteiger partial charge in [-0.25, -0.2) is 13.5 Å². The molecular weight excluding hydrogens is 431 g/mol. The van der Waals surface area contributed by atoms with Gasteiger partial charge < -0.3 is 4.74 Å². The Balaban J connectivity index is 1.98. The van der Waals surface area contributed by atoms with Crippen molar-refractivity contribution >= 4 is 11.6 Å². The first-order chi connectivity index (χ1) is 14.6. The Kier molecular flexibility index (Phi) is 6.01. The number of ether oxygens (including phenoxy) is 1. The van der Waals surface area contributed by atoms with Crippen molar-refractivity contribution in [2.75, 3.05) is 0 Å². The van der Waals surface area contributed by atoms with Gasteiger partial charge in [-0.3, -0.25) is 0 Å². The molecule has 0 N–H and O–H groups in total. The lowest BCUT2D eigenvalue weighted by molar-refractivity contribution is -0.141. The van der Waals surface area contributed by atoms with Crippen molar-refractivity contribution in [1.82, 2.24) is 9.78 Å². The molecule has 4 nitrogen and oxygen atoms in total. The van der Waals surface area contributed by atoms with Gasteiger partial charge in [-0.05, 0) is 42.0 Å². The third-order valence-corrected chi connectivity index (χ3v) is 3.96. The van der Waals surface area contributed by atoms with Gasteiger partial charge in [0.05, 0.1) is 17.3 Å². The van der Waals surface area contributed by atoms with E-state index < -0.39 is 36.0 Å². The van der Waals surface area contributed by atoms with Crippen LogP contribution in [0.3, 0.4) is 0 Å². The van der Waals surface area contributed by atoms with E-state index in [0.29, 0.717) is 16.3 Å². The molecule has 0 bridgehead atoms. The summed E-state index contributed by atoms with van der Waals surface area (Å²) >= 11 is 0. The fraction of sp³-hybridized carbons (Fsp3) is 0.100. The first kappa shape index (κ1) is 21.9. The highest BCUT2D eigenvalue weighted by molar-refractivity contribution is 5.89. The Hall–Kier alpha value is -3.81. The number of halogens is 7. The molecule has 11 heteroatoms. The summed E-state index contributed by atoms with van der Waals surface area (Å²) in [6, 6.07) is 9.78. The number of nitriles is 1. The van der Waals surface area contributed by atoms with Crippen LogP contribution in [0.15, 0.2) is 48.5 Å². The molecule has 0 spiro atoms. The minimum atomic E-state index is -4.88. The van der Waals surface area contributed by atoms with E-state index in [4.69, 9.17) is 0 Å². The van der Waals surface area contributed by atoms with E-state index in [-0.39, 0.29) is 16.8 Å². The number of nitrogens with zero attached hydrogens (tertiary/aromatic N) is 3. The Morgan fingerprint density at radius 2 is 1.74 bits per heavy atom.